The van der Waals surface area contributed by atoms with Gasteiger partial charge < -0.3 is 15.1 Å². The lowest BCUT2D eigenvalue weighted by Crippen LogP contribution is -2.61. The van der Waals surface area contributed by atoms with Crippen molar-refractivity contribution in [2.45, 2.75) is 51.4 Å². The molecule has 3 N–H and O–H groups in total. The molecule has 21 heavy (non-hydrogen) atoms. The van der Waals surface area contributed by atoms with Gasteiger partial charge >= 0.3 is 0 Å². The van der Waals surface area contributed by atoms with Crippen LogP contribution in [0.4, 0.5) is 4.39 Å². The summed E-state index contributed by atoms with van der Waals surface area (Å²) in [6, 6.07) is -0.777. The second-order valence-electron chi connectivity index (χ2n) is 6.33. The van der Waals surface area contributed by atoms with Crippen molar-refractivity contribution in [2.24, 2.45) is 11.8 Å². The average molecular weight is 299 g/mol. The van der Waals surface area contributed by atoms with E-state index in [4.69, 9.17) is 5.90 Å². The van der Waals surface area contributed by atoms with E-state index in [1.165, 1.54) is 11.8 Å². The van der Waals surface area contributed by atoms with E-state index >= 15 is 0 Å². The predicted octanol–water partition coefficient (Wildman–Crippen LogP) is 0.634. The Morgan fingerprint density at radius 3 is 2.76 bits per heavy atom. The van der Waals surface area contributed by atoms with Gasteiger partial charge in [-0.05, 0) is 32.6 Å². The molecule has 0 spiro atoms. The molecule has 4 unspecified atom stereocenters. The monoisotopic (exact) mass is 299 g/mol. The molecule has 2 aliphatic heterocycles. The van der Waals surface area contributed by atoms with Crippen molar-refractivity contribution < 1.29 is 18.8 Å². The molecule has 0 aromatic carbocycles. The lowest BCUT2D eigenvalue weighted by Gasteiger charge is -2.38. The first kappa shape index (κ1) is 15.8. The Hall–Kier alpha value is -1.63. The average Bonchev–Trinajstić information content (AvgIpc) is 2.39. The van der Waals surface area contributed by atoms with Crippen molar-refractivity contribution in [2.75, 3.05) is 6.54 Å². The number of carbonyl (C=O) groups excluding carboxylic acids is 2. The molecule has 118 valence electrons. The standard InChI is InChI=1S/C14H22FN3O3/c1-8-4-10-12(19)17-9(2)7-18(10)13(20)11(21-16)6-14(3,15)5-8/h6,8-10H,4-5,7,16H2,1-3H3,(H,17,19)/b11-6-. The number of allylic oxidation sites excluding steroid dienone is 1. The van der Waals surface area contributed by atoms with Gasteiger partial charge in [-0.25, -0.2) is 4.39 Å². The zero-order valence-corrected chi connectivity index (χ0v) is 12.6. The molecule has 0 aromatic heterocycles. The normalized spacial score (nSPS) is 40.1. The lowest BCUT2D eigenvalue weighted by atomic mass is 9.89. The molecule has 2 aliphatic rings. The Morgan fingerprint density at radius 2 is 2.14 bits per heavy atom. The van der Waals surface area contributed by atoms with E-state index in [0.29, 0.717) is 13.0 Å². The summed E-state index contributed by atoms with van der Waals surface area (Å²) < 4.78 is 14.5. The maximum Gasteiger partial charge on any atom is 0.292 e. The molecule has 1 saturated heterocycles. The van der Waals surface area contributed by atoms with Crippen molar-refractivity contribution >= 4 is 11.8 Å². The summed E-state index contributed by atoms with van der Waals surface area (Å²) in [5.41, 5.74) is -1.71. The number of nitrogens with two attached hydrogens (primary N) is 1. The van der Waals surface area contributed by atoms with E-state index in [0.717, 1.165) is 6.08 Å². The van der Waals surface area contributed by atoms with Crippen LogP contribution in [0.3, 0.4) is 0 Å². The molecule has 0 radical (unpaired) electrons. The minimum atomic E-state index is -1.71. The van der Waals surface area contributed by atoms with Crippen molar-refractivity contribution in [3.8, 4) is 0 Å². The van der Waals surface area contributed by atoms with E-state index in [9.17, 15) is 14.0 Å². The van der Waals surface area contributed by atoms with Crippen LogP contribution < -0.4 is 11.2 Å². The Bertz CT molecular complexity index is 478. The highest BCUT2D eigenvalue weighted by atomic mass is 19.1. The number of carbonyl (C=O) groups is 2. The lowest BCUT2D eigenvalue weighted by molar-refractivity contribution is -0.145. The maximum atomic E-state index is 14.5. The summed E-state index contributed by atoms with van der Waals surface area (Å²) in [6.07, 6.45) is 1.72. The first-order valence-electron chi connectivity index (χ1n) is 7.13. The van der Waals surface area contributed by atoms with Crippen molar-refractivity contribution in [1.82, 2.24) is 10.2 Å². The van der Waals surface area contributed by atoms with Crippen LogP contribution >= 0.6 is 0 Å². The number of alkyl halides is 1. The van der Waals surface area contributed by atoms with Gasteiger partial charge in [-0.3, -0.25) is 9.59 Å². The third-order valence-corrected chi connectivity index (χ3v) is 3.94. The van der Waals surface area contributed by atoms with Crippen LogP contribution in [0.25, 0.3) is 0 Å². The molecule has 1 fully saturated rings. The van der Waals surface area contributed by atoms with Crippen LogP contribution in [0.5, 0.6) is 0 Å². The number of piperazine rings is 1. The number of halogens is 1. The summed E-state index contributed by atoms with van der Waals surface area (Å²) in [6.45, 7) is 5.41. The third kappa shape index (κ3) is 3.34. The molecule has 0 saturated carbocycles. The summed E-state index contributed by atoms with van der Waals surface area (Å²) in [5.74, 6) is 4.06. The van der Waals surface area contributed by atoms with E-state index in [1.807, 2.05) is 13.8 Å². The molecule has 2 heterocycles. The van der Waals surface area contributed by atoms with Gasteiger partial charge in [-0.2, -0.15) is 5.90 Å². The van der Waals surface area contributed by atoms with Gasteiger partial charge in [0.2, 0.25) is 11.7 Å². The topological polar surface area (TPSA) is 84.7 Å². The van der Waals surface area contributed by atoms with Crippen LogP contribution in [0, 0.1) is 5.92 Å². The summed E-state index contributed by atoms with van der Waals surface area (Å²) in [7, 11) is 0. The summed E-state index contributed by atoms with van der Waals surface area (Å²) in [5, 5.41) is 2.82. The van der Waals surface area contributed by atoms with Gasteiger partial charge in [-0.15, -0.1) is 0 Å². The Kier molecular flexibility index (Phi) is 4.22. The zero-order valence-electron chi connectivity index (χ0n) is 12.6. The number of nitrogens with one attached hydrogen (secondary N) is 1. The highest BCUT2D eigenvalue weighted by Gasteiger charge is 2.41. The van der Waals surface area contributed by atoms with Gasteiger partial charge in [0.1, 0.15) is 11.7 Å². The molecule has 0 aromatic rings. The quantitative estimate of drug-likeness (QED) is 0.696. The van der Waals surface area contributed by atoms with Crippen molar-refractivity contribution in [3.05, 3.63) is 11.8 Å². The van der Waals surface area contributed by atoms with E-state index < -0.39 is 17.6 Å². The molecule has 0 bridgehead atoms. The number of hydrogen-bond donors (Lipinski definition) is 2. The SMILES string of the molecule is CC1CC2C(=O)NC(C)CN2C(=O)/C(ON)=C/C(C)(F)C1. The first-order valence-corrected chi connectivity index (χ1v) is 7.13. The summed E-state index contributed by atoms with van der Waals surface area (Å²) in [4.78, 5) is 30.7. The second-order valence-corrected chi connectivity index (χ2v) is 6.33. The van der Waals surface area contributed by atoms with Crippen LogP contribution in [0.15, 0.2) is 11.8 Å². The molecule has 0 aliphatic carbocycles. The van der Waals surface area contributed by atoms with Gasteiger partial charge in [0.15, 0.2) is 0 Å². The van der Waals surface area contributed by atoms with Crippen LogP contribution in [0.1, 0.15) is 33.6 Å². The van der Waals surface area contributed by atoms with Gasteiger partial charge in [0, 0.05) is 18.7 Å². The Balaban J connectivity index is 2.42. The van der Waals surface area contributed by atoms with E-state index in [2.05, 4.69) is 10.2 Å². The highest BCUT2D eigenvalue weighted by molar-refractivity contribution is 5.96. The van der Waals surface area contributed by atoms with Crippen LogP contribution in [-0.4, -0.2) is 41.0 Å². The third-order valence-electron chi connectivity index (χ3n) is 3.94. The van der Waals surface area contributed by atoms with Crippen LogP contribution in [-0.2, 0) is 14.4 Å². The van der Waals surface area contributed by atoms with E-state index in [-0.39, 0.29) is 30.0 Å². The fourth-order valence-corrected chi connectivity index (χ4v) is 3.17. The zero-order chi connectivity index (χ0) is 15.8. The fourth-order valence-electron chi connectivity index (χ4n) is 3.17. The molecule has 7 heteroatoms. The van der Waals surface area contributed by atoms with Crippen molar-refractivity contribution in [3.63, 3.8) is 0 Å². The highest BCUT2D eigenvalue weighted by Crippen LogP contribution is 2.31. The molecule has 2 amide bonds. The second kappa shape index (κ2) is 5.63. The van der Waals surface area contributed by atoms with Gasteiger partial charge in [0.25, 0.3) is 5.91 Å². The van der Waals surface area contributed by atoms with Crippen LogP contribution in [0.2, 0.25) is 0 Å². The first-order chi connectivity index (χ1) is 9.73. The minimum absolute atomic E-state index is 0.0622. The number of hydrogen-bond acceptors (Lipinski definition) is 4. The fraction of sp³-hybridized carbons (Fsp3) is 0.714. The van der Waals surface area contributed by atoms with Crippen molar-refractivity contribution in [1.29, 1.82) is 0 Å². The van der Waals surface area contributed by atoms with Gasteiger partial charge in [-0.1, -0.05) is 6.92 Å². The maximum absolute atomic E-state index is 14.5. The largest absolute Gasteiger partial charge is 0.406 e. The van der Waals surface area contributed by atoms with Gasteiger partial charge in [0.05, 0.1) is 0 Å². The molecule has 6 nitrogen and oxygen atoms in total. The number of fused-ring (bicyclic) bond motifs is 1. The Morgan fingerprint density at radius 1 is 1.48 bits per heavy atom. The molecule has 2 rings (SSSR count). The van der Waals surface area contributed by atoms with E-state index in [1.54, 1.807) is 0 Å². The minimum Gasteiger partial charge on any atom is -0.406 e. The summed E-state index contributed by atoms with van der Waals surface area (Å²) >= 11 is 0. The Labute approximate surface area is 123 Å². The molecular weight excluding hydrogens is 277 g/mol. The molecule has 4 atom stereocenters. The number of rotatable bonds is 1. The smallest absolute Gasteiger partial charge is 0.292 e. The molecular formula is C14H22FN3O3. The predicted molar refractivity (Wildman–Crippen MR) is 74.4 cm³/mol. The number of nitrogens with zero attached hydrogens (tertiary/aromatic N) is 1. The number of amides is 2.